The first-order chi connectivity index (χ1) is 13.3. The molecule has 0 saturated heterocycles. The molecule has 156 valence electrons. The molecule has 28 heavy (non-hydrogen) atoms. The third-order valence-electron chi connectivity index (χ3n) is 4.87. The minimum Gasteiger partial charge on any atom is -0.481 e. The van der Waals surface area contributed by atoms with Gasteiger partial charge in [-0.2, -0.15) is 0 Å². The summed E-state index contributed by atoms with van der Waals surface area (Å²) >= 11 is 0. The topological polar surface area (TPSA) is 80.7 Å². The SMILES string of the molecule is CC(=O)O[C@H](C=C[C@H]1CCC(=O)[C@@H]1CC=CCCCC(=O)O)CCC=C(C)C. The highest BCUT2D eigenvalue weighted by molar-refractivity contribution is 5.83. The van der Waals surface area contributed by atoms with Crippen LogP contribution in [-0.2, 0) is 19.1 Å². The van der Waals surface area contributed by atoms with Crippen molar-refractivity contribution in [2.45, 2.75) is 78.2 Å². The van der Waals surface area contributed by atoms with E-state index in [1.165, 1.54) is 12.5 Å². The lowest BCUT2D eigenvalue weighted by Gasteiger charge is -2.16. The Morgan fingerprint density at radius 2 is 1.96 bits per heavy atom. The number of ether oxygens (including phenoxy) is 1. The van der Waals surface area contributed by atoms with Crippen LogP contribution in [0.4, 0.5) is 0 Å². The maximum Gasteiger partial charge on any atom is 0.303 e. The Hall–Kier alpha value is -2.17. The molecular weight excluding hydrogens is 356 g/mol. The van der Waals surface area contributed by atoms with E-state index in [-0.39, 0.29) is 36.1 Å². The molecule has 0 aliphatic heterocycles. The van der Waals surface area contributed by atoms with Crippen LogP contribution < -0.4 is 0 Å². The Kier molecular flexibility index (Phi) is 11.2. The molecule has 1 aliphatic rings. The van der Waals surface area contributed by atoms with Gasteiger partial charge >= 0.3 is 11.9 Å². The number of hydrogen-bond acceptors (Lipinski definition) is 4. The number of esters is 1. The first-order valence-corrected chi connectivity index (χ1v) is 10.2. The average molecular weight is 391 g/mol. The smallest absolute Gasteiger partial charge is 0.303 e. The Balaban J connectivity index is 2.59. The minimum absolute atomic E-state index is 0.0391. The molecule has 0 bridgehead atoms. The maximum atomic E-state index is 12.2. The van der Waals surface area contributed by atoms with E-state index in [0.717, 1.165) is 19.3 Å². The molecule has 0 aromatic heterocycles. The van der Waals surface area contributed by atoms with Crippen LogP contribution in [0.15, 0.2) is 36.0 Å². The predicted molar refractivity (Wildman–Crippen MR) is 110 cm³/mol. The number of carbonyl (C=O) groups excluding carboxylic acids is 2. The van der Waals surface area contributed by atoms with Crippen molar-refractivity contribution < 1.29 is 24.2 Å². The van der Waals surface area contributed by atoms with Gasteiger partial charge < -0.3 is 9.84 Å². The van der Waals surface area contributed by atoms with Crippen molar-refractivity contribution in [3.8, 4) is 0 Å². The van der Waals surface area contributed by atoms with Crippen molar-refractivity contribution in [1.82, 2.24) is 0 Å². The molecule has 0 unspecified atom stereocenters. The lowest BCUT2D eigenvalue weighted by molar-refractivity contribution is -0.144. The van der Waals surface area contributed by atoms with E-state index in [4.69, 9.17) is 9.84 Å². The summed E-state index contributed by atoms with van der Waals surface area (Å²) in [6.07, 6.45) is 15.0. The number of carboxylic acid groups (broad SMARTS) is 1. The normalized spacial score (nSPS) is 20.6. The summed E-state index contributed by atoms with van der Waals surface area (Å²) in [7, 11) is 0. The first-order valence-electron chi connectivity index (χ1n) is 10.2. The molecular formula is C23H34O5. The van der Waals surface area contributed by atoms with Gasteiger partial charge in [-0.1, -0.05) is 29.9 Å². The molecule has 1 rings (SSSR count). The van der Waals surface area contributed by atoms with Gasteiger partial charge in [-0.05, 0) is 64.4 Å². The van der Waals surface area contributed by atoms with E-state index >= 15 is 0 Å². The second-order valence-corrected chi connectivity index (χ2v) is 7.66. The second-order valence-electron chi connectivity index (χ2n) is 7.66. The predicted octanol–water partition coefficient (Wildman–Crippen LogP) is 5.02. The third kappa shape index (κ3) is 10.2. The Bertz CT molecular complexity index is 610. The molecule has 1 fully saturated rings. The fraction of sp³-hybridized carbons (Fsp3) is 0.609. The molecule has 1 saturated carbocycles. The van der Waals surface area contributed by atoms with Crippen LogP contribution >= 0.6 is 0 Å². The monoisotopic (exact) mass is 390 g/mol. The van der Waals surface area contributed by atoms with E-state index in [0.29, 0.717) is 25.7 Å². The van der Waals surface area contributed by atoms with E-state index in [2.05, 4.69) is 6.08 Å². The molecule has 0 aromatic carbocycles. The van der Waals surface area contributed by atoms with Crippen molar-refractivity contribution >= 4 is 17.7 Å². The minimum atomic E-state index is -0.781. The molecule has 5 heteroatoms. The quantitative estimate of drug-likeness (QED) is 0.287. The van der Waals surface area contributed by atoms with E-state index < -0.39 is 5.97 Å². The number of unbranched alkanes of at least 4 members (excludes halogenated alkanes) is 1. The third-order valence-corrected chi connectivity index (χ3v) is 4.87. The number of rotatable bonds is 12. The van der Waals surface area contributed by atoms with Crippen LogP contribution in [0.5, 0.6) is 0 Å². The fourth-order valence-corrected chi connectivity index (χ4v) is 3.41. The summed E-state index contributed by atoms with van der Waals surface area (Å²) in [4.78, 5) is 34.1. The summed E-state index contributed by atoms with van der Waals surface area (Å²) < 4.78 is 5.40. The van der Waals surface area contributed by atoms with Gasteiger partial charge in [-0.15, -0.1) is 0 Å². The number of Topliss-reactive ketones (excluding diaryl/α,β-unsaturated/α-hetero) is 1. The fourth-order valence-electron chi connectivity index (χ4n) is 3.41. The molecule has 3 atom stereocenters. The first kappa shape index (κ1) is 23.9. The number of carboxylic acids is 1. The molecule has 1 aliphatic carbocycles. The van der Waals surface area contributed by atoms with Crippen LogP contribution in [0.2, 0.25) is 0 Å². The Morgan fingerprint density at radius 1 is 1.21 bits per heavy atom. The van der Waals surface area contributed by atoms with Gasteiger partial charge in [-0.25, -0.2) is 0 Å². The van der Waals surface area contributed by atoms with Crippen molar-refractivity contribution in [3.05, 3.63) is 36.0 Å². The molecule has 5 nitrogen and oxygen atoms in total. The zero-order chi connectivity index (χ0) is 20.9. The van der Waals surface area contributed by atoms with Crippen LogP contribution in [-0.4, -0.2) is 28.9 Å². The van der Waals surface area contributed by atoms with E-state index in [9.17, 15) is 14.4 Å². The van der Waals surface area contributed by atoms with Gasteiger partial charge in [-0.3, -0.25) is 14.4 Å². The largest absolute Gasteiger partial charge is 0.481 e. The Morgan fingerprint density at radius 3 is 2.61 bits per heavy atom. The Labute approximate surface area is 168 Å². The standard InChI is InChI=1S/C23H34O5/c1-17(2)9-8-10-20(28-18(3)24)15-13-19-14-16-22(25)21(19)11-6-4-5-7-12-23(26)27/h4,6,9,13,15,19-21H,5,7-8,10-12,14,16H2,1-3H3,(H,26,27)/t19-,20-,21+/m0/s1. The van der Waals surface area contributed by atoms with Crippen molar-refractivity contribution in [1.29, 1.82) is 0 Å². The molecule has 0 aromatic rings. The summed E-state index contributed by atoms with van der Waals surface area (Å²) in [5.41, 5.74) is 1.24. The van der Waals surface area contributed by atoms with Gasteiger partial charge in [0.2, 0.25) is 0 Å². The van der Waals surface area contributed by atoms with Crippen LogP contribution in [0.1, 0.15) is 72.1 Å². The number of hydrogen-bond donors (Lipinski definition) is 1. The molecule has 0 radical (unpaired) electrons. The van der Waals surface area contributed by atoms with Crippen molar-refractivity contribution in [2.24, 2.45) is 11.8 Å². The molecule has 0 heterocycles. The lowest BCUT2D eigenvalue weighted by atomic mass is 9.91. The molecule has 0 amide bonds. The number of allylic oxidation sites excluding steroid dienone is 5. The average Bonchev–Trinajstić information content (AvgIpc) is 2.94. The van der Waals surface area contributed by atoms with E-state index in [1.54, 1.807) is 0 Å². The van der Waals surface area contributed by atoms with Gasteiger partial charge in [0.05, 0.1) is 0 Å². The summed E-state index contributed by atoms with van der Waals surface area (Å²) in [6, 6.07) is 0. The lowest BCUT2D eigenvalue weighted by Crippen LogP contribution is -2.16. The second kappa shape index (κ2) is 13.1. The van der Waals surface area contributed by atoms with E-state index in [1.807, 2.05) is 38.2 Å². The number of ketones is 1. The van der Waals surface area contributed by atoms with Gasteiger partial charge in [0.25, 0.3) is 0 Å². The number of carbonyl (C=O) groups is 3. The van der Waals surface area contributed by atoms with Crippen LogP contribution in [0.3, 0.4) is 0 Å². The molecule has 0 spiro atoms. The highest BCUT2D eigenvalue weighted by Crippen LogP contribution is 2.33. The van der Waals surface area contributed by atoms with Gasteiger partial charge in [0.15, 0.2) is 0 Å². The highest BCUT2D eigenvalue weighted by Gasteiger charge is 2.32. The summed E-state index contributed by atoms with van der Waals surface area (Å²) in [5, 5.41) is 8.64. The van der Waals surface area contributed by atoms with Crippen molar-refractivity contribution in [3.63, 3.8) is 0 Å². The number of aliphatic carboxylic acids is 1. The zero-order valence-corrected chi connectivity index (χ0v) is 17.4. The van der Waals surface area contributed by atoms with Gasteiger partial charge in [0, 0.05) is 25.7 Å². The van der Waals surface area contributed by atoms with Crippen LogP contribution in [0, 0.1) is 11.8 Å². The van der Waals surface area contributed by atoms with Gasteiger partial charge in [0.1, 0.15) is 11.9 Å². The molecule has 1 N–H and O–H groups in total. The maximum absolute atomic E-state index is 12.2. The van der Waals surface area contributed by atoms with Crippen molar-refractivity contribution in [2.75, 3.05) is 0 Å². The summed E-state index contributed by atoms with van der Waals surface area (Å²) in [5.74, 6) is -0.675. The highest BCUT2D eigenvalue weighted by atomic mass is 16.5. The van der Waals surface area contributed by atoms with Crippen LogP contribution in [0.25, 0.3) is 0 Å². The summed E-state index contributed by atoms with van der Waals surface area (Å²) in [6.45, 7) is 5.50. The zero-order valence-electron chi connectivity index (χ0n) is 17.4.